The lowest BCUT2D eigenvalue weighted by Gasteiger charge is -2.22. The van der Waals surface area contributed by atoms with E-state index in [1.165, 1.54) is 29.8 Å². The molecular weight excluding hydrogens is 380 g/mol. The summed E-state index contributed by atoms with van der Waals surface area (Å²) in [4.78, 5) is 31.7. The first kappa shape index (κ1) is 17.6. The van der Waals surface area contributed by atoms with E-state index in [0.29, 0.717) is 20.6 Å². The molecule has 1 aromatic carbocycles. The number of methoxy groups -OCH3 is 1. The molecule has 27 heavy (non-hydrogen) atoms. The van der Waals surface area contributed by atoms with Crippen molar-refractivity contribution >= 4 is 34.7 Å². The van der Waals surface area contributed by atoms with E-state index in [-0.39, 0.29) is 5.56 Å². The highest BCUT2D eigenvalue weighted by atomic mass is 32.1. The molecule has 4 rings (SSSR count). The van der Waals surface area contributed by atoms with E-state index >= 15 is 0 Å². The number of benzene rings is 1. The lowest BCUT2D eigenvalue weighted by atomic mass is 10.0. The molecule has 1 aliphatic heterocycles. The van der Waals surface area contributed by atoms with Crippen LogP contribution in [0.1, 0.15) is 23.4 Å². The number of ether oxygens (including phenoxy) is 1. The molecule has 1 aliphatic rings. The Hall–Kier alpha value is -2.77. The van der Waals surface area contributed by atoms with Gasteiger partial charge >= 0.3 is 5.97 Å². The summed E-state index contributed by atoms with van der Waals surface area (Å²) in [6.07, 6.45) is 1.85. The first-order valence-corrected chi connectivity index (χ1v) is 9.99. The average molecular weight is 396 g/mol. The maximum absolute atomic E-state index is 13.2. The Balaban J connectivity index is 1.98. The van der Waals surface area contributed by atoms with Crippen LogP contribution in [0, 0.1) is 0 Å². The molecule has 0 amide bonds. The molecule has 0 unspecified atom stereocenters. The summed E-state index contributed by atoms with van der Waals surface area (Å²) in [6.45, 7) is 1.78. The van der Waals surface area contributed by atoms with Gasteiger partial charge in [-0.3, -0.25) is 9.36 Å². The van der Waals surface area contributed by atoms with E-state index in [2.05, 4.69) is 4.99 Å². The number of esters is 1. The topological polar surface area (TPSA) is 60.7 Å². The van der Waals surface area contributed by atoms with Gasteiger partial charge in [0.25, 0.3) is 5.56 Å². The summed E-state index contributed by atoms with van der Waals surface area (Å²) >= 11 is 2.83. The van der Waals surface area contributed by atoms with Gasteiger partial charge in [0.15, 0.2) is 4.80 Å². The normalized spacial score (nSPS) is 16.8. The van der Waals surface area contributed by atoms with Crippen LogP contribution in [0.3, 0.4) is 0 Å². The number of aromatic nitrogens is 1. The minimum atomic E-state index is -0.522. The first-order chi connectivity index (χ1) is 13.1. The Morgan fingerprint density at radius 1 is 1.22 bits per heavy atom. The molecule has 0 saturated carbocycles. The van der Waals surface area contributed by atoms with Gasteiger partial charge in [0.05, 0.1) is 22.9 Å². The van der Waals surface area contributed by atoms with E-state index in [4.69, 9.17) is 4.74 Å². The van der Waals surface area contributed by atoms with Crippen LogP contribution in [-0.4, -0.2) is 17.6 Å². The molecule has 7 heteroatoms. The van der Waals surface area contributed by atoms with Gasteiger partial charge in [-0.2, -0.15) is 0 Å². The van der Waals surface area contributed by atoms with Crippen molar-refractivity contribution in [3.8, 4) is 0 Å². The Kier molecular flexibility index (Phi) is 4.63. The van der Waals surface area contributed by atoms with Gasteiger partial charge in [-0.05, 0) is 30.0 Å². The van der Waals surface area contributed by atoms with Crippen molar-refractivity contribution in [1.82, 2.24) is 4.57 Å². The quantitative estimate of drug-likeness (QED) is 0.639. The fraction of sp³-hybridized carbons (Fsp3) is 0.150. The number of carbonyl (C=O) groups is 1. The van der Waals surface area contributed by atoms with Gasteiger partial charge < -0.3 is 4.74 Å². The highest BCUT2D eigenvalue weighted by Crippen LogP contribution is 2.32. The van der Waals surface area contributed by atoms with Crippen molar-refractivity contribution in [2.24, 2.45) is 4.99 Å². The van der Waals surface area contributed by atoms with Gasteiger partial charge in [0, 0.05) is 4.88 Å². The van der Waals surface area contributed by atoms with Crippen LogP contribution in [0.5, 0.6) is 0 Å². The summed E-state index contributed by atoms with van der Waals surface area (Å²) < 4.78 is 7.16. The van der Waals surface area contributed by atoms with Crippen molar-refractivity contribution in [2.75, 3.05) is 7.11 Å². The molecular formula is C20H16N2O3S2. The number of fused-ring (bicyclic) bond motifs is 1. The molecule has 0 spiro atoms. The number of hydrogen-bond donors (Lipinski definition) is 0. The minimum absolute atomic E-state index is 0.157. The second-order valence-electron chi connectivity index (χ2n) is 6.00. The average Bonchev–Trinajstić information content (AvgIpc) is 3.30. The van der Waals surface area contributed by atoms with Crippen molar-refractivity contribution in [3.63, 3.8) is 0 Å². The molecule has 3 aromatic rings. The lowest BCUT2D eigenvalue weighted by Crippen LogP contribution is -2.39. The third kappa shape index (κ3) is 3.09. The summed E-state index contributed by atoms with van der Waals surface area (Å²) in [5.74, 6) is -0.466. The number of rotatable bonds is 3. The van der Waals surface area contributed by atoms with Gasteiger partial charge in [-0.1, -0.05) is 47.7 Å². The van der Waals surface area contributed by atoms with Crippen molar-refractivity contribution < 1.29 is 9.53 Å². The lowest BCUT2D eigenvalue weighted by molar-refractivity contribution is -0.136. The monoisotopic (exact) mass is 396 g/mol. The second kappa shape index (κ2) is 7.09. The Morgan fingerprint density at radius 2 is 2.00 bits per heavy atom. The molecule has 0 N–H and O–H groups in total. The van der Waals surface area contributed by atoms with E-state index < -0.39 is 12.0 Å². The predicted molar refractivity (Wildman–Crippen MR) is 107 cm³/mol. The van der Waals surface area contributed by atoms with Crippen LogP contribution in [0.2, 0.25) is 0 Å². The number of thiazole rings is 1. The SMILES string of the molecule is COC(=O)C1=C(C)N=c2sc(=Cc3ccccc3)c(=O)n2[C@@H]1c1cccs1. The van der Waals surface area contributed by atoms with Crippen LogP contribution >= 0.6 is 22.7 Å². The first-order valence-electron chi connectivity index (χ1n) is 8.29. The van der Waals surface area contributed by atoms with Crippen molar-refractivity contribution in [1.29, 1.82) is 0 Å². The smallest absolute Gasteiger partial charge is 0.338 e. The maximum atomic E-state index is 13.2. The fourth-order valence-corrected chi connectivity index (χ4v) is 4.98. The molecule has 0 aliphatic carbocycles. The van der Waals surface area contributed by atoms with Gasteiger partial charge in [0.1, 0.15) is 6.04 Å². The Bertz CT molecular complexity index is 1200. The van der Waals surface area contributed by atoms with Crippen LogP contribution in [0.25, 0.3) is 6.08 Å². The van der Waals surface area contributed by atoms with Crippen molar-refractivity contribution in [3.05, 3.63) is 89.2 Å². The molecule has 3 heterocycles. The summed E-state index contributed by atoms with van der Waals surface area (Å²) in [6, 6.07) is 13.0. The maximum Gasteiger partial charge on any atom is 0.338 e. The van der Waals surface area contributed by atoms with E-state index in [9.17, 15) is 9.59 Å². The standard InChI is InChI=1S/C20H16N2O3S2/c1-12-16(19(24)25-2)17(14-9-6-10-26-14)22-18(23)15(27-20(22)21-12)11-13-7-4-3-5-8-13/h3-11,17H,1-2H3/t17-/m1/s1. The second-order valence-corrected chi connectivity index (χ2v) is 7.99. The number of thiophene rings is 1. The Labute approximate surface area is 163 Å². The molecule has 0 fully saturated rings. The van der Waals surface area contributed by atoms with Crippen LogP contribution in [0.15, 0.2) is 68.9 Å². The van der Waals surface area contributed by atoms with E-state index in [1.54, 1.807) is 11.5 Å². The van der Waals surface area contributed by atoms with Gasteiger partial charge in [0.2, 0.25) is 0 Å². The number of carbonyl (C=O) groups excluding carboxylic acids is 1. The summed E-state index contributed by atoms with van der Waals surface area (Å²) in [7, 11) is 1.34. The molecule has 5 nitrogen and oxygen atoms in total. The minimum Gasteiger partial charge on any atom is -0.466 e. The molecule has 2 aromatic heterocycles. The third-order valence-electron chi connectivity index (χ3n) is 4.34. The predicted octanol–water partition coefficient (Wildman–Crippen LogP) is 2.47. The largest absolute Gasteiger partial charge is 0.466 e. The van der Waals surface area contributed by atoms with Gasteiger partial charge in [-0.25, -0.2) is 9.79 Å². The molecule has 136 valence electrons. The zero-order chi connectivity index (χ0) is 19.0. The Morgan fingerprint density at radius 3 is 2.67 bits per heavy atom. The zero-order valence-corrected chi connectivity index (χ0v) is 16.3. The fourth-order valence-electron chi connectivity index (χ4n) is 3.11. The van der Waals surface area contributed by atoms with E-state index in [1.807, 2.05) is 53.9 Å². The summed E-state index contributed by atoms with van der Waals surface area (Å²) in [5.41, 5.74) is 1.76. The zero-order valence-electron chi connectivity index (χ0n) is 14.7. The molecule has 0 radical (unpaired) electrons. The molecule has 0 saturated heterocycles. The molecule has 0 bridgehead atoms. The van der Waals surface area contributed by atoms with Crippen molar-refractivity contribution in [2.45, 2.75) is 13.0 Å². The molecule has 1 atom stereocenters. The number of allylic oxidation sites excluding steroid dienone is 1. The van der Waals surface area contributed by atoms with Crippen LogP contribution < -0.4 is 14.9 Å². The van der Waals surface area contributed by atoms with Crippen LogP contribution in [-0.2, 0) is 9.53 Å². The van der Waals surface area contributed by atoms with E-state index in [0.717, 1.165) is 10.4 Å². The highest BCUT2D eigenvalue weighted by Gasteiger charge is 2.33. The van der Waals surface area contributed by atoms with Gasteiger partial charge in [-0.15, -0.1) is 11.3 Å². The number of hydrogen-bond acceptors (Lipinski definition) is 6. The highest BCUT2D eigenvalue weighted by molar-refractivity contribution is 7.10. The number of nitrogens with zero attached hydrogens (tertiary/aromatic N) is 2. The van der Waals surface area contributed by atoms with Crippen LogP contribution in [0.4, 0.5) is 0 Å². The third-order valence-corrected chi connectivity index (χ3v) is 6.24. The summed E-state index contributed by atoms with van der Waals surface area (Å²) in [5, 5.41) is 1.93.